The summed E-state index contributed by atoms with van der Waals surface area (Å²) in [4.78, 5) is 12.1. The number of aromatic hydroxyl groups is 1. The third-order valence-electron chi connectivity index (χ3n) is 2.56. The van der Waals surface area contributed by atoms with Crippen molar-refractivity contribution in [2.24, 2.45) is 0 Å². The summed E-state index contributed by atoms with van der Waals surface area (Å²) in [6.07, 6.45) is 0. The number of halogens is 3. The van der Waals surface area contributed by atoms with Crippen LogP contribution in [0, 0.1) is 5.82 Å². The molecule has 2 aromatic carbocycles. The number of phenols is 1. The number of nitrogens with two attached hydrogens (primary N) is 1. The van der Waals surface area contributed by atoms with Crippen molar-refractivity contribution in [3.8, 4) is 5.75 Å². The highest BCUT2D eigenvalue weighted by Crippen LogP contribution is 2.33. The minimum atomic E-state index is -0.607. The first-order chi connectivity index (χ1) is 9.40. The normalized spacial score (nSPS) is 10.3. The van der Waals surface area contributed by atoms with Gasteiger partial charge in [0.25, 0.3) is 5.91 Å². The second kappa shape index (κ2) is 5.68. The smallest absolute Gasteiger partial charge is 0.259 e. The average Bonchev–Trinajstić information content (AvgIpc) is 2.36. The minimum absolute atomic E-state index is 0.00251. The molecule has 0 radical (unpaired) electrons. The van der Waals surface area contributed by atoms with Crippen LogP contribution < -0.4 is 11.1 Å². The number of carbonyl (C=O) groups excluding carboxylic acids is 1. The van der Waals surface area contributed by atoms with Crippen LogP contribution in [0.3, 0.4) is 0 Å². The lowest BCUT2D eigenvalue weighted by Crippen LogP contribution is -2.13. The van der Waals surface area contributed by atoms with Crippen LogP contribution in [-0.2, 0) is 0 Å². The van der Waals surface area contributed by atoms with Crippen LogP contribution in [0.15, 0.2) is 34.8 Å². The summed E-state index contributed by atoms with van der Waals surface area (Å²) in [6, 6.07) is 6.65. The summed E-state index contributed by atoms with van der Waals surface area (Å²) in [7, 11) is 0. The summed E-state index contributed by atoms with van der Waals surface area (Å²) >= 11 is 8.97. The maximum atomic E-state index is 13.1. The van der Waals surface area contributed by atoms with Crippen LogP contribution in [0.1, 0.15) is 10.4 Å². The zero-order chi connectivity index (χ0) is 14.9. The molecule has 0 atom stereocenters. The van der Waals surface area contributed by atoms with E-state index in [-0.39, 0.29) is 27.7 Å². The van der Waals surface area contributed by atoms with Crippen molar-refractivity contribution in [2.75, 3.05) is 11.1 Å². The lowest BCUT2D eigenvalue weighted by molar-refractivity contribution is 0.102. The highest BCUT2D eigenvalue weighted by molar-refractivity contribution is 9.10. The van der Waals surface area contributed by atoms with E-state index in [0.29, 0.717) is 4.47 Å². The number of amides is 1. The van der Waals surface area contributed by atoms with Gasteiger partial charge in [0.15, 0.2) is 5.75 Å². The molecule has 0 fully saturated rings. The molecule has 0 saturated carbocycles. The number of phenolic OH excluding ortho intramolecular Hbond substituents is 1. The SMILES string of the molecule is Nc1cccc(C(=O)Nc2c(Cl)cc(F)cc2Br)c1O. The molecule has 0 bridgehead atoms. The fourth-order valence-corrected chi connectivity index (χ4v) is 2.49. The molecule has 0 aliphatic heterocycles. The summed E-state index contributed by atoms with van der Waals surface area (Å²) in [6.45, 7) is 0. The number of anilines is 2. The molecule has 2 rings (SSSR count). The van der Waals surface area contributed by atoms with Crippen LogP contribution in [0.2, 0.25) is 5.02 Å². The first-order valence-corrected chi connectivity index (χ1v) is 6.60. The molecule has 1 amide bonds. The number of carbonyl (C=O) groups is 1. The van der Waals surface area contributed by atoms with Crippen LogP contribution in [-0.4, -0.2) is 11.0 Å². The van der Waals surface area contributed by atoms with Crippen LogP contribution in [0.25, 0.3) is 0 Å². The topological polar surface area (TPSA) is 75.4 Å². The van der Waals surface area contributed by atoms with Gasteiger partial charge in [-0.2, -0.15) is 0 Å². The monoisotopic (exact) mass is 358 g/mol. The molecule has 0 spiro atoms. The Kier molecular flexibility index (Phi) is 4.15. The standard InChI is InChI=1S/C13H9BrClFN2O2/c14-8-4-6(16)5-9(15)11(8)18-13(20)7-2-1-3-10(17)12(7)19/h1-5,19H,17H2,(H,18,20). The Morgan fingerprint density at radius 2 is 2.10 bits per heavy atom. The Morgan fingerprint density at radius 1 is 1.40 bits per heavy atom. The summed E-state index contributed by atoms with van der Waals surface area (Å²) < 4.78 is 13.4. The molecule has 4 nitrogen and oxygen atoms in total. The third kappa shape index (κ3) is 2.86. The molecule has 0 saturated heterocycles. The summed E-state index contributed by atoms with van der Waals surface area (Å²) in [5.41, 5.74) is 5.81. The van der Waals surface area contributed by atoms with Crippen molar-refractivity contribution >= 4 is 44.8 Å². The van der Waals surface area contributed by atoms with Crippen molar-refractivity contribution in [3.63, 3.8) is 0 Å². The van der Waals surface area contributed by atoms with Gasteiger partial charge in [-0.1, -0.05) is 17.7 Å². The Hall–Kier alpha value is -1.79. The summed E-state index contributed by atoms with van der Waals surface area (Å²) in [5, 5.41) is 12.3. The van der Waals surface area contributed by atoms with Gasteiger partial charge in [-0.3, -0.25) is 4.79 Å². The number of rotatable bonds is 2. The number of hydrogen-bond donors (Lipinski definition) is 3. The quantitative estimate of drug-likeness (QED) is 0.564. The van der Waals surface area contributed by atoms with Gasteiger partial charge in [0, 0.05) is 4.47 Å². The number of benzene rings is 2. The van der Waals surface area contributed by atoms with Crippen LogP contribution in [0.4, 0.5) is 15.8 Å². The van der Waals surface area contributed by atoms with Crippen molar-refractivity contribution in [1.29, 1.82) is 0 Å². The van der Waals surface area contributed by atoms with Crippen molar-refractivity contribution < 1.29 is 14.3 Å². The number of nitrogens with one attached hydrogen (secondary N) is 1. The van der Waals surface area contributed by atoms with Gasteiger partial charge in [-0.25, -0.2) is 4.39 Å². The van der Waals surface area contributed by atoms with E-state index < -0.39 is 11.7 Å². The van der Waals surface area contributed by atoms with Gasteiger partial charge < -0.3 is 16.2 Å². The highest BCUT2D eigenvalue weighted by Gasteiger charge is 2.16. The van der Waals surface area contributed by atoms with Gasteiger partial charge in [-0.05, 0) is 40.2 Å². The van der Waals surface area contributed by atoms with E-state index in [1.165, 1.54) is 24.3 Å². The Labute approximate surface area is 127 Å². The van der Waals surface area contributed by atoms with Crippen molar-refractivity contribution in [1.82, 2.24) is 0 Å². The van der Waals surface area contributed by atoms with Gasteiger partial charge in [0.1, 0.15) is 5.82 Å². The molecular formula is C13H9BrClFN2O2. The lowest BCUT2D eigenvalue weighted by Gasteiger charge is -2.11. The molecule has 0 aromatic heterocycles. The second-order valence-corrected chi connectivity index (χ2v) is 5.20. The van der Waals surface area contributed by atoms with Gasteiger partial charge in [-0.15, -0.1) is 0 Å². The van der Waals surface area contributed by atoms with Crippen molar-refractivity contribution in [3.05, 3.63) is 51.2 Å². The van der Waals surface area contributed by atoms with Gasteiger partial charge >= 0.3 is 0 Å². The molecule has 0 unspecified atom stereocenters. The number of para-hydroxylation sites is 1. The van der Waals surface area contributed by atoms with E-state index in [1.807, 2.05) is 0 Å². The van der Waals surface area contributed by atoms with E-state index in [1.54, 1.807) is 0 Å². The molecular weight excluding hydrogens is 351 g/mol. The number of hydrogen-bond acceptors (Lipinski definition) is 3. The zero-order valence-electron chi connectivity index (χ0n) is 9.95. The molecule has 7 heteroatoms. The van der Waals surface area contributed by atoms with E-state index in [4.69, 9.17) is 17.3 Å². The summed E-state index contributed by atoms with van der Waals surface area (Å²) in [5.74, 6) is -1.46. The fraction of sp³-hybridized carbons (Fsp3) is 0. The predicted octanol–water partition coefficient (Wildman–Crippen LogP) is 3.78. The lowest BCUT2D eigenvalue weighted by atomic mass is 10.1. The largest absolute Gasteiger partial charge is 0.505 e. The van der Waals surface area contributed by atoms with Gasteiger partial charge in [0.05, 0.1) is 22.0 Å². The molecule has 20 heavy (non-hydrogen) atoms. The predicted molar refractivity (Wildman–Crippen MR) is 79.6 cm³/mol. The highest BCUT2D eigenvalue weighted by atomic mass is 79.9. The third-order valence-corrected chi connectivity index (χ3v) is 3.48. The molecule has 4 N–H and O–H groups in total. The number of nitrogen functional groups attached to an aromatic ring is 1. The van der Waals surface area contributed by atoms with E-state index in [9.17, 15) is 14.3 Å². The maximum Gasteiger partial charge on any atom is 0.259 e. The maximum absolute atomic E-state index is 13.1. The molecule has 2 aromatic rings. The second-order valence-electron chi connectivity index (χ2n) is 3.94. The minimum Gasteiger partial charge on any atom is -0.505 e. The van der Waals surface area contributed by atoms with Gasteiger partial charge in [0.2, 0.25) is 0 Å². The Bertz CT molecular complexity index is 671. The van der Waals surface area contributed by atoms with E-state index in [0.717, 1.165) is 6.07 Å². The molecule has 104 valence electrons. The molecule has 0 aliphatic carbocycles. The first-order valence-electron chi connectivity index (χ1n) is 5.43. The van der Waals surface area contributed by atoms with E-state index >= 15 is 0 Å². The van der Waals surface area contributed by atoms with Crippen LogP contribution in [0.5, 0.6) is 5.75 Å². The first kappa shape index (κ1) is 14.6. The Balaban J connectivity index is 2.36. The Morgan fingerprint density at radius 3 is 2.75 bits per heavy atom. The molecule has 0 aliphatic rings. The molecule has 0 heterocycles. The van der Waals surface area contributed by atoms with Crippen LogP contribution >= 0.6 is 27.5 Å². The average molecular weight is 360 g/mol. The van der Waals surface area contributed by atoms with E-state index in [2.05, 4.69) is 21.2 Å². The van der Waals surface area contributed by atoms with Crippen molar-refractivity contribution in [2.45, 2.75) is 0 Å². The fourth-order valence-electron chi connectivity index (χ4n) is 1.59. The zero-order valence-corrected chi connectivity index (χ0v) is 12.3.